The summed E-state index contributed by atoms with van der Waals surface area (Å²) in [5.74, 6) is -0.524. The number of phenols is 2. The van der Waals surface area contributed by atoms with Crippen molar-refractivity contribution in [2.75, 3.05) is 19.0 Å². The first kappa shape index (κ1) is 20.4. The molecule has 9 nitrogen and oxygen atoms in total. The zero-order chi connectivity index (χ0) is 21.5. The molecule has 0 saturated carbocycles. The molecule has 30 heavy (non-hydrogen) atoms. The summed E-state index contributed by atoms with van der Waals surface area (Å²) >= 11 is 1.12. The maximum absolute atomic E-state index is 13.1. The number of methoxy groups -OCH3 is 1. The molecule has 11 heteroatoms. The zero-order valence-corrected chi connectivity index (χ0v) is 17.5. The number of sulfonamides is 1. The first-order chi connectivity index (χ1) is 14.3. The first-order valence-electron chi connectivity index (χ1n) is 9.09. The van der Waals surface area contributed by atoms with Gasteiger partial charge in [0.15, 0.2) is 16.6 Å². The van der Waals surface area contributed by atoms with Crippen LogP contribution in [0.1, 0.15) is 12.8 Å². The number of nitrogens with zero attached hydrogens (tertiary/aromatic N) is 2. The molecular weight excluding hydrogens is 430 g/mol. The number of rotatable bonds is 5. The Hall–Kier alpha value is -2.89. The number of phenolic OH excluding ortho intramolecular Hbond substituents is 2. The second kappa shape index (κ2) is 7.74. The van der Waals surface area contributed by atoms with E-state index in [0.29, 0.717) is 28.8 Å². The number of ether oxygens (including phenoxy) is 1. The highest BCUT2D eigenvalue weighted by atomic mass is 32.2. The Morgan fingerprint density at radius 3 is 2.63 bits per heavy atom. The maximum atomic E-state index is 13.1. The summed E-state index contributed by atoms with van der Waals surface area (Å²) in [7, 11) is -2.36. The summed E-state index contributed by atoms with van der Waals surface area (Å²) in [6.45, 7) is 0.244. The summed E-state index contributed by atoms with van der Waals surface area (Å²) in [6.07, 6.45) is 0.961. The van der Waals surface area contributed by atoms with Crippen LogP contribution in [0.25, 0.3) is 10.2 Å². The first-order valence-corrected chi connectivity index (χ1v) is 11.3. The van der Waals surface area contributed by atoms with Gasteiger partial charge in [-0.25, -0.2) is 13.4 Å². The van der Waals surface area contributed by atoms with Crippen LogP contribution in [0.4, 0.5) is 5.13 Å². The third-order valence-corrected chi connectivity index (χ3v) is 7.74. The van der Waals surface area contributed by atoms with Crippen molar-refractivity contribution in [3.63, 3.8) is 0 Å². The second-order valence-electron chi connectivity index (χ2n) is 6.77. The third-order valence-electron chi connectivity index (χ3n) is 4.89. The molecule has 0 spiro atoms. The largest absolute Gasteiger partial charge is 0.504 e. The second-order valence-corrected chi connectivity index (χ2v) is 9.69. The molecule has 158 valence electrons. The van der Waals surface area contributed by atoms with Gasteiger partial charge < -0.3 is 20.3 Å². The molecule has 3 aromatic rings. The number of nitrogens with one attached hydrogen (secondary N) is 1. The van der Waals surface area contributed by atoms with E-state index < -0.39 is 22.0 Å². The number of benzene rings is 2. The van der Waals surface area contributed by atoms with E-state index in [2.05, 4.69) is 10.3 Å². The lowest BCUT2D eigenvalue weighted by Gasteiger charge is -2.23. The number of fused-ring (bicyclic) bond motifs is 1. The van der Waals surface area contributed by atoms with E-state index in [1.807, 2.05) is 0 Å². The Morgan fingerprint density at radius 1 is 1.23 bits per heavy atom. The van der Waals surface area contributed by atoms with Crippen LogP contribution >= 0.6 is 11.3 Å². The van der Waals surface area contributed by atoms with Crippen molar-refractivity contribution in [3.8, 4) is 17.2 Å². The van der Waals surface area contributed by atoms with Gasteiger partial charge in [-0.15, -0.1) is 0 Å². The van der Waals surface area contributed by atoms with E-state index in [9.17, 15) is 23.4 Å². The van der Waals surface area contributed by atoms with Crippen LogP contribution in [0.15, 0.2) is 41.3 Å². The van der Waals surface area contributed by atoms with E-state index in [1.54, 1.807) is 12.1 Å². The van der Waals surface area contributed by atoms with E-state index in [0.717, 1.165) is 11.3 Å². The quantitative estimate of drug-likeness (QED) is 0.510. The van der Waals surface area contributed by atoms with Crippen LogP contribution in [0.5, 0.6) is 17.2 Å². The number of anilines is 1. The fraction of sp³-hybridized carbons (Fsp3) is 0.263. The molecule has 1 aliphatic heterocycles. The summed E-state index contributed by atoms with van der Waals surface area (Å²) in [5, 5.41) is 22.1. The van der Waals surface area contributed by atoms with Gasteiger partial charge in [-0.05, 0) is 37.1 Å². The Balaban J connectivity index is 1.56. The van der Waals surface area contributed by atoms with Crippen LogP contribution in [0.3, 0.4) is 0 Å². The van der Waals surface area contributed by atoms with Crippen molar-refractivity contribution in [1.82, 2.24) is 9.29 Å². The van der Waals surface area contributed by atoms with Crippen molar-refractivity contribution < 1.29 is 28.2 Å². The number of amides is 1. The fourth-order valence-corrected chi connectivity index (χ4v) is 5.91. The van der Waals surface area contributed by atoms with Gasteiger partial charge in [-0.1, -0.05) is 11.3 Å². The third kappa shape index (κ3) is 3.66. The van der Waals surface area contributed by atoms with Gasteiger partial charge in [-0.2, -0.15) is 4.31 Å². The smallest absolute Gasteiger partial charge is 0.244 e. The minimum absolute atomic E-state index is 0.0916. The number of thiazole rings is 1. The highest BCUT2D eigenvalue weighted by Crippen LogP contribution is 2.35. The molecule has 1 saturated heterocycles. The van der Waals surface area contributed by atoms with Crippen molar-refractivity contribution in [2.45, 2.75) is 23.8 Å². The number of hydrogen-bond donors (Lipinski definition) is 3. The normalized spacial score (nSPS) is 17.3. The van der Waals surface area contributed by atoms with Gasteiger partial charge >= 0.3 is 0 Å². The summed E-state index contributed by atoms with van der Waals surface area (Å²) in [5.41, 5.74) is 0.416. The lowest BCUT2D eigenvalue weighted by molar-refractivity contribution is -0.119. The average molecular weight is 450 g/mol. The van der Waals surface area contributed by atoms with Crippen LogP contribution in [0, 0.1) is 0 Å². The number of aromatic hydroxyl groups is 2. The van der Waals surface area contributed by atoms with Crippen LogP contribution in [0.2, 0.25) is 0 Å². The van der Waals surface area contributed by atoms with Gasteiger partial charge in [0, 0.05) is 18.7 Å². The number of hydrogen-bond acceptors (Lipinski definition) is 8. The number of carbonyl (C=O) groups excluding carboxylic acids is 1. The van der Waals surface area contributed by atoms with E-state index in [1.165, 1.54) is 35.7 Å². The summed E-state index contributed by atoms with van der Waals surface area (Å²) in [6, 6.07) is 7.82. The molecule has 1 atom stereocenters. The minimum atomic E-state index is -3.85. The van der Waals surface area contributed by atoms with E-state index >= 15 is 0 Å². The molecule has 4 rings (SSSR count). The zero-order valence-electron chi connectivity index (χ0n) is 15.9. The highest BCUT2D eigenvalue weighted by Gasteiger charge is 2.39. The van der Waals surface area contributed by atoms with Gasteiger partial charge in [0.2, 0.25) is 15.9 Å². The molecule has 0 unspecified atom stereocenters. The average Bonchev–Trinajstić information content (AvgIpc) is 3.35. The van der Waals surface area contributed by atoms with E-state index in [4.69, 9.17) is 4.74 Å². The highest BCUT2D eigenvalue weighted by molar-refractivity contribution is 7.89. The van der Waals surface area contributed by atoms with Gasteiger partial charge in [0.1, 0.15) is 11.8 Å². The summed E-state index contributed by atoms with van der Waals surface area (Å²) < 4.78 is 33.0. The minimum Gasteiger partial charge on any atom is -0.504 e. The molecule has 1 aliphatic rings. The predicted octanol–water partition coefficient (Wildman–Crippen LogP) is 2.51. The monoisotopic (exact) mass is 449 g/mol. The molecule has 1 amide bonds. The Labute approximate surface area is 176 Å². The van der Waals surface area contributed by atoms with Crippen LogP contribution in [-0.2, 0) is 14.8 Å². The molecule has 2 heterocycles. The van der Waals surface area contributed by atoms with Crippen LogP contribution < -0.4 is 10.1 Å². The topological polar surface area (TPSA) is 129 Å². The fourth-order valence-electron chi connectivity index (χ4n) is 3.37. The standard InChI is InChI=1S/C19H19N3O6S2/c1-28-11-4-6-12(7-5-11)30(26,27)22-8-2-3-14(22)18(25)21-19-20-13-9-15(23)16(24)10-17(13)29-19/h4-7,9-10,14,23-24H,2-3,8H2,1H3,(H,20,21,25)/t14-/m1/s1. The molecular formula is C19H19N3O6S2. The number of aromatic nitrogens is 1. The molecule has 1 fully saturated rings. The van der Waals surface area contributed by atoms with Crippen LogP contribution in [-0.4, -0.2) is 53.5 Å². The van der Waals surface area contributed by atoms with Gasteiger partial charge in [0.05, 0.1) is 22.2 Å². The molecule has 0 aliphatic carbocycles. The Kier molecular flexibility index (Phi) is 5.26. The lowest BCUT2D eigenvalue weighted by Crippen LogP contribution is -2.43. The Morgan fingerprint density at radius 2 is 1.93 bits per heavy atom. The van der Waals surface area contributed by atoms with Gasteiger partial charge in [-0.3, -0.25) is 4.79 Å². The number of carbonyl (C=O) groups is 1. The maximum Gasteiger partial charge on any atom is 0.244 e. The molecule has 2 aromatic carbocycles. The van der Waals surface area contributed by atoms with Gasteiger partial charge in [0.25, 0.3) is 0 Å². The Bertz CT molecular complexity index is 1170. The van der Waals surface area contributed by atoms with Crippen molar-refractivity contribution in [3.05, 3.63) is 36.4 Å². The van der Waals surface area contributed by atoms with Crippen molar-refractivity contribution in [2.24, 2.45) is 0 Å². The summed E-state index contributed by atoms with van der Waals surface area (Å²) in [4.78, 5) is 17.2. The molecule has 3 N–H and O–H groups in total. The van der Waals surface area contributed by atoms with E-state index in [-0.39, 0.29) is 28.1 Å². The lowest BCUT2D eigenvalue weighted by atomic mass is 10.2. The van der Waals surface area contributed by atoms with Crippen molar-refractivity contribution in [1.29, 1.82) is 0 Å². The SMILES string of the molecule is COc1ccc(S(=O)(=O)N2CCC[C@@H]2C(=O)Nc2nc3cc(O)c(O)cc3s2)cc1. The molecule has 1 aromatic heterocycles. The van der Waals surface area contributed by atoms with Crippen molar-refractivity contribution >= 4 is 42.6 Å². The predicted molar refractivity (Wildman–Crippen MR) is 111 cm³/mol. The molecule has 0 bridgehead atoms. The molecule has 0 radical (unpaired) electrons.